The first-order valence-corrected chi connectivity index (χ1v) is 7.26. The zero-order valence-electron chi connectivity index (χ0n) is 9.88. The van der Waals surface area contributed by atoms with Crippen LogP contribution in [0, 0.1) is 0 Å². The molecule has 2 N–H and O–H groups in total. The second-order valence-corrected chi connectivity index (χ2v) is 5.84. The van der Waals surface area contributed by atoms with Crippen LogP contribution in [0.1, 0.15) is 0 Å². The maximum atomic E-state index is 11.8. The number of ether oxygens (including phenoxy) is 1. The smallest absolute Gasteiger partial charge is 0.247 e. The summed E-state index contributed by atoms with van der Waals surface area (Å²) in [4.78, 5) is 11.8. The number of aromatic nitrogens is 2. The van der Waals surface area contributed by atoms with Gasteiger partial charge in [0.15, 0.2) is 4.34 Å². The van der Waals surface area contributed by atoms with Crippen molar-refractivity contribution in [3.8, 4) is 0 Å². The predicted molar refractivity (Wildman–Crippen MR) is 72.1 cm³/mol. The van der Waals surface area contributed by atoms with Crippen LogP contribution in [0.4, 0.5) is 5.13 Å². The second-order valence-electron chi connectivity index (χ2n) is 3.52. The average Bonchev–Trinajstić information content (AvgIpc) is 3.00. The highest BCUT2D eigenvalue weighted by atomic mass is 32.2. The van der Waals surface area contributed by atoms with Crippen LogP contribution in [0.15, 0.2) is 16.5 Å². The first-order valence-electron chi connectivity index (χ1n) is 5.46. The van der Waals surface area contributed by atoms with Gasteiger partial charge in [0.25, 0.3) is 0 Å². The molecule has 18 heavy (non-hydrogen) atoms. The summed E-state index contributed by atoms with van der Waals surface area (Å²) >= 11 is 2.94. The summed E-state index contributed by atoms with van der Waals surface area (Å²) in [6, 6.07) is -0.265. The van der Waals surface area contributed by atoms with Crippen molar-refractivity contribution >= 4 is 34.1 Å². The summed E-state index contributed by atoms with van der Waals surface area (Å²) < 4.78 is 5.78. The third-order valence-electron chi connectivity index (χ3n) is 2.22. The molecule has 0 spiro atoms. The quantitative estimate of drug-likeness (QED) is 0.348. The number of thioether (sulfide) groups is 1. The van der Waals surface area contributed by atoms with Crippen molar-refractivity contribution in [2.24, 2.45) is 0 Å². The van der Waals surface area contributed by atoms with Gasteiger partial charge in [-0.15, -0.1) is 10.2 Å². The SMILES string of the molecule is COCCSc1nnc(NC(=O)C2C=CCN2)s1. The van der Waals surface area contributed by atoms with Crippen molar-refractivity contribution in [1.29, 1.82) is 0 Å². The number of rotatable bonds is 6. The number of carbonyl (C=O) groups is 1. The molecule has 98 valence electrons. The van der Waals surface area contributed by atoms with Gasteiger partial charge in [-0.25, -0.2) is 0 Å². The minimum atomic E-state index is -0.265. The molecule has 1 aromatic rings. The molecule has 0 aromatic carbocycles. The van der Waals surface area contributed by atoms with E-state index in [2.05, 4.69) is 20.8 Å². The average molecular weight is 286 g/mol. The Morgan fingerprint density at radius 3 is 3.33 bits per heavy atom. The summed E-state index contributed by atoms with van der Waals surface area (Å²) in [5, 5.41) is 14.2. The summed E-state index contributed by atoms with van der Waals surface area (Å²) in [5.41, 5.74) is 0. The van der Waals surface area contributed by atoms with Crippen molar-refractivity contribution < 1.29 is 9.53 Å². The molecule has 1 unspecified atom stereocenters. The van der Waals surface area contributed by atoms with Gasteiger partial charge in [0.2, 0.25) is 11.0 Å². The van der Waals surface area contributed by atoms with Crippen LogP contribution in [-0.4, -0.2) is 48.2 Å². The minimum Gasteiger partial charge on any atom is -0.384 e. The van der Waals surface area contributed by atoms with E-state index in [1.807, 2.05) is 12.2 Å². The Morgan fingerprint density at radius 1 is 1.72 bits per heavy atom. The second kappa shape index (κ2) is 6.83. The number of anilines is 1. The molecule has 6 nitrogen and oxygen atoms in total. The summed E-state index contributed by atoms with van der Waals surface area (Å²) in [5.74, 6) is 0.722. The number of nitrogens with zero attached hydrogens (tertiary/aromatic N) is 2. The Hall–Kier alpha value is -0.960. The predicted octanol–water partition coefficient (Wildman–Crippen LogP) is 0.743. The van der Waals surface area contributed by atoms with Gasteiger partial charge in [-0.05, 0) is 0 Å². The molecule has 0 radical (unpaired) electrons. The molecule has 1 aromatic heterocycles. The summed E-state index contributed by atoms with van der Waals surface area (Å²) in [6.07, 6.45) is 3.76. The van der Waals surface area contributed by atoms with E-state index in [-0.39, 0.29) is 11.9 Å². The molecule has 0 saturated heterocycles. The van der Waals surface area contributed by atoms with Crippen LogP contribution >= 0.6 is 23.1 Å². The first kappa shape index (κ1) is 13.5. The van der Waals surface area contributed by atoms with Crippen LogP contribution in [0.3, 0.4) is 0 Å². The molecule has 1 aliphatic heterocycles. The Kier molecular flexibility index (Phi) is 5.12. The van der Waals surface area contributed by atoms with E-state index in [1.165, 1.54) is 11.3 Å². The fourth-order valence-corrected chi connectivity index (χ4v) is 3.09. The van der Waals surface area contributed by atoms with Gasteiger partial charge in [0.1, 0.15) is 6.04 Å². The monoisotopic (exact) mass is 286 g/mol. The third-order valence-corrected chi connectivity index (χ3v) is 4.15. The number of hydrogen-bond donors (Lipinski definition) is 2. The van der Waals surface area contributed by atoms with Crippen molar-refractivity contribution in [2.75, 3.05) is 31.3 Å². The Labute approximate surface area is 113 Å². The fraction of sp³-hybridized carbons (Fsp3) is 0.500. The van der Waals surface area contributed by atoms with Gasteiger partial charge >= 0.3 is 0 Å². The Bertz CT molecular complexity index is 435. The molecular weight excluding hydrogens is 272 g/mol. The van der Waals surface area contributed by atoms with Gasteiger partial charge < -0.3 is 4.74 Å². The van der Waals surface area contributed by atoms with Gasteiger partial charge in [-0.3, -0.25) is 15.4 Å². The van der Waals surface area contributed by atoms with Crippen molar-refractivity contribution in [1.82, 2.24) is 15.5 Å². The Balaban J connectivity index is 1.82. The molecular formula is C10H14N4O2S2. The summed E-state index contributed by atoms with van der Waals surface area (Å²) in [6.45, 7) is 1.40. The number of nitrogens with one attached hydrogen (secondary N) is 2. The van der Waals surface area contributed by atoms with Crippen LogP contribution < -0.4 is 10.6 Å². The van der Waals surface area contributed by atoms with Crippen LogP contribution in [0.25, 0.3) is 0 Å². The highest BCUT2D eigenvalue weighted by Gasteiger charge is 2.18. The maximum absolute atomic E-state index is 11.8. The van der Waals surface area contributed by atoms with Gasteiger partial charge in [-0.2, -0.15) is 0 Å². The van der Waals surface area contributed by atoms with E-state index in [0.29, 0.717) is 11.7 Å². The molecule has 2 rings (SSSR count). The van der Waals surface area contributed by atoms with E-state index in [1.54, 1.807) is 18.9 Å². The Morgan fingerprint density at radius 2 is 2.61 bits per heavy atom. The topological polar surface area (TPSA) is 76.1 Å². The number of amides is 1. The highest BCUT2D eigenvalue weighted by Crippen LogP contribution is 2.25. The van der Waals surface area contributed by atoms with Crippen molar-refractivity contribution in [3.63, 3.8) is 0 Å². The molecule has 0 bridgehead atoms. The third kappa shape index (κ3) is 3.77. The van der Waals surface area contributed by atoms with Crippen LogP contribution in [0.2, 0.25) is 0 Å². The maximum Gasteiger partial charge on any atom is 0.247 e. The lowest BCUT2D eigenvalue weighted by Crippen LogP contribution is -2.35. The largest absolute Gasteiger partial charge is 0.384 e. The normalized spacial score (nSPS) is 18.2. The molecule has 0 aliphatic carbocycles. The zero-order chi connectivity index (χ0) is 12.8. The molecule has 0 saturated carbocycles. The van der Waals surface area contributed by atoms with E-state index in [0.717, 1.165) is 16.6 Å². The molecule has 1 aliphatic rings. The molecule has 1 atom stereocenters. The molecule has 1 amide bonds. The molecule has 0 fully saturated rings. The van der Waals surface area contributed by atoms with Crippen molar-refractivity contribution in [3.05, 3.63) is 12.2 Å². The van der Waals surface area contributed by atoms with Crippen molar-refractivity contribution in [2.45, 2.75) is 10.4 Å². The van der Waals surface area contributed by atoms with E-state index in [4.69, 9.17) is 4.74 Å². The number of methoxy groups -OCH3 is 1. The lowest BCUT2D eigenvalue weighted by Gasteiger charge is -2.06. The number of hydrogen-bond acceptors (Lipinski definition) is 7. The zero-order valence-corrected chi connectivity index (χ0v) is 11.5. The fourth-order valence-electron chi connectivity index (χ4n) is 1.36. The lowest BCUT2D eigenvalue weighted by molar-refractivity contribution is -0.116. The van der Waals surface area contributed by atoms with Gasteiger partial charge in [0.05, 0.1) is 6.61 Å². The summed E-state index contributed by atoms with van der Waals surface area (Å²) in [7, 11) is 1.66. The van der Waals surface area contributed by atoms with Crippen LogP contribution in [0.5, 0.6) is 0 Å². The lowest BCUT2D eigenvalue weighted by atomic mass is 10.3. The van der Waals surface area contributed by atoms with Gasteiger partial charge in [-0.1, -0.05) is 35.3 Å². The van der Waals surface area contributed by atoms with E-state index < -0.39 is 0 Å². The minimum absolute atomic E-state index is 0.103. The van der Waals surface area contributed by atoms with Crippen LogP contribution in [-0.2, 0) is 9.53 Å². The number of carbonyl (C=O) groups excluding carboxylic acids is 1. The highest BCUT2D eigenvalue weighted by molar-refractivity contribution is 8.01. The van der Waals surface area contributed by atoms with E-state index in [9.17, 15) is 4.79 Å². The standard InChI is InChI=1S/C10H14N4O2S2/c1-16-5-6-17-10-14-13-9(18-10)12-8(15)7-3-2-4-11-7/h2-3,7,11H,4-6H2,1H3,(H,12,13,15). The molecule has 8 heteroatoms. The van der Waals surface area contributed by atoms with Gasteiger partial charge in [0, 0.05) is 19.4 Å². The molecule has 2 heterocycles. The van der Waals surface area contributed by atoms with E-state index >= 15 is 0 Å². The first-order chi connectivity index (χ1) is 8.79.